The van der Waals surface area contributed by atoms with Gasteiger partial charge < -0.3 is 25.4 Å². The first-order valence-electron chi connectivity index (χ1n) is 8.39. The number of aromatic nitrogens is 2. The van der Waals surface area contributed by atoms with E-state index in [2.05, 4.69) is 15.3 Å². The van der Waals surface area contributed by atoms with Crippen molar-refractivity contribution in [3.8, 4) is 0 Å². The highest BCUT2D eigenvalue weighted by Crippen LogP contribution is 2.29. The van der Waals surface area contributed by atoms with E-state index in [-0.39, 0.29) is 11.1 Å². The predicted molar refractivity (Wildman–Crippen MR) is 102 cm³/mol. The van der Waals surface area contributed by atoms with Crippen molar-refractivity contribution >= 4 is 34.9 Å². The maximum atomic E-state index is 11.9. The smallest absolute Gasteiger partial charge is 0.337 e. The third-order valence-corrected chi connectivity index (χ3v) is 3.96. The highest BCUT2D eigenvalue weighted by molar-refractivity contribution is 5.97. The van der Waals surface area contributed by atoms with E-state index in [9.17, 15) is 9.59 Å². The Bertz CT molecular complexity index is 802. The normalized spacial score (nSPS) is 10.2. The highest BCUT2D eigenvalue weighted by Gasteiger charge is 2.16. The number of esters is 2. The standard InChI is InChI=1S/C18H23N5O4/c1-5-23(6-2)16-14(19)15(20-10-21-16)22-13-8-11(17(24)26-3)7-12(9-13)18(25)27-4/h7-10H,5-6,19H2,1-4H3,(H,20,21,22). The molecule has 2 rings (SSSR count). The average Bonchev–Trinajstić information content (AvgIpc) is 2.70. The molecule has 0 bridgehead atoms. The second-order valence-electron chi connectivity index (χ2n) is 5.54. The van der Waals surface area contributed by atoms with Crippen LogP contribution < -0.4 is 16.0 Å². The Morgan fingerprint density at radius 3 is 2.07 bits per heavy atom. The fourth-order valence-electron chi connectivity index (χ4n) is 2.57. The maximum absolute atomic E-state index is 11.9. The fraction of sp³-hybridized carbons (Fsp3) is 0.333. The van der Waals surface area contributed by atoms with Gasteiger partial charge in [0.15, 0.2) is 11.6 Å². The van der Waals surface area contributed by atoms with E-state index in [0.717, 1.165) is 13.1 Å². The van der Waals surface area contributed by atoms with Crippen LogP contribution in [0.5, 0.6) is 0 Å². The van der Waals surface area contributed by atoms with Crippen LogP contribution in [-0.4, -0.2) is 49.2 Å². The molecule has 0 aliphatic heterocycles. The number of nitrogens with zero attached hydrogens (tertiary/aromatic N) is 3. The van der Waals surface area contributed by atoms with Gasteiger partial charge in [0.05, 0.1) is 25.3 Å². The van der Waals surface area contributed by atoms with Crippen molar-refractivity contribution in [1.29, 1.82) is 0 Å². The number of carbonyl (C=O) groups is 2. The molecule has 3 N–H and O–H groups in total. The Hall–Kier alpha value is -3.36. The molecule has 0 unspecified atom stereocenters. The van der Waals surface area contributed by atoms with E-state index < -0.39 is 11.9 Å². The summed E-state index contributed by atoms with van der Waals surface area (Å²) in [6.07, 6.45) is 1.40. The molecule has 9 nitrogen and oxygen atoms in total. The van der Waals surface area contributed by atoms with Gasteiger partial charge in [-0.15, -0.1) is 0 Å². The number of carbonyl (C=O) groups excluding carboxylic acids is 2. The van der Waals surface area contributed by atoms with E-state index in [1.54, 1.807) is 0 Å². The summed E-state index contributed by atoms with van der Waals surface area (Å²) in [5.41, 5.74) is 7.41. The zero-order valence-corrected chi connectivity index (χ0v) is 15.8. The van der Waals surface area contributed by atoms with Crippen LogP contribution >= 0.6 is 0 Å². The first-order chi connectivity index (χ1) is 12.9. The Morgan fingerprint density at radius 2 is 1.59 bits per heavy atom. The predicted octanol–water partition coefficient (Wildman–Crippen LogP) is 2.22. The van der Waals surface area contributed by atoms with Gasteiger partial charge in [-0.25, -0.2) is 19.6 Å². The van der Waals surface area contributed by atoms with E-state index in [1.165, 1.54) is 38.7 Å². The summed E-state index contributed by atoms with van der Waals surface area (Å²) in [5, 5.41) is 3.04. The van der Waals surface area contributed by atoms with Gasteiger partial charge >= 0.3 is 11.9 Å². The second kappa shape index (κ2) is 8.84. The lowest BCUT2D eigenvalue weighted by Crippen LogP contribution is -2.24. The average molecular weight is 373 g/mol. The third kappa shape index (κ3) is 4.43. The molecule has 27 heavy (non-hydrogen) atoms. The number of benzene rings is 1. The van der Waals surface area contributed by atoms with Gasteiger partial charge in [0.2, 0.25) is 0 Å². The number of hydrogen-bond donors (Lipinski definition) is 2. The molecule has 1 aromatic heterocycles. The van der Waals surface area contributed by atoms with E-state index >= 15 is 0 Å². The van der Waals surface area contributed by atoms with Crippen LogP contribution in [0.4, 0.5) is 23.0 Å². The van der Waals surface area contributed by atoms with E-state index in [1.807, 2.05) is 18.7 Å². The van der Waals surface area contributed by atoms with E-state index in [0.29, 0.717) is 23.0 Å². The summed E-state index contributed by atoms with van der Waals surface area (Å²) in [6, 6.07) is 4.47. The molecule has 1 aromatic carbocycles. The molecule has 0 spiro atoms. The Morgan fingerprint density at radius 1 is 1.04 bits per heavy atom. The number of nitrogens with two attached hydrogens (primary N) is 1. The topological polar surface area (TPSA) is 120 Å². The summed E-state index contributed by atoms with van der Waals surface area (Å²) in [5.74, 6) is -0.189. The Balaban J connectivity index is 2.46. The minimum absolute atomic E-state index is 0.194. The van der Waals surface area contributed by atoms with Gasteiger partial charge in [-0.1, -0.05) is 0 Å². The van der Waals surface area contributed by atoms with Gasteiger partial charge in [-0.3, -0.25) is 0 Å². The monoisotopic (exact) mass is 373 g/mol. The lowest BCUT2D eigenvalue weighted by atomic mass is 10.1. The molecular weight excluding hydrogens is 350 g/mol. The molecule has 0 saturated heterocycles. The zero-order chi connectivity index (χ0) is 20.0. The van der Waals surface area contributed by atoms with Crippen molar-refractivity contribution in [3.05, 3.63) is 35.7 Å². The van der Waals surface area contributed by atoms with E-state index in [4.69, 9.17) is 15.2 Å². The van der Waals surface area contributed by atoms with Crippen LogP contribution in [0.2, 0.25) is 0 Å². The number of nitrogens with one attached hydrogen (secondary N) is 1. The summed E-state index contributed by atoms with van der Waals surface area (Å²) in [6.45, 7) is 5.48. The molecule has 9 heteroatoms. The molecular formula is C18H23N5O4. The first-order valence-corrected chi connectivity index (χ1v) is 8.39. The van der Waals surface area contributed by atoms with Gasteiger partial charge in [-0.2, -0.15) is 0 Å². The van der Waals surface area contributed by atoms with Gasteiger partial charge in [-0.05, 0) is 32.0 Å². The van der Waals surface area contributed by atoms with Crippen LogP contribution in [0.25, 0.3) is 0 Å². The molecule has 144 valence electrons. The van der Waals surface area contributed by atoms with Crippen LogP contribution in [-0.2, 0) is 9.47 Å². The summed E-state index contributed by atoms with van der Waals surface area (Å²) in [7, 11) is 2.53. The maximum Gasteiger partial charge on any atom is 0.337 e. The van der Waals surface area contributed by atoms with Crippen molar-refractivity contribution in [3.63, 3.8) is 0 Å². The van der Waals surface area contributed by atoms with Crippen LogP contribution in [0.1, 0.15) is 34.6 Å². The van der Waals surface area contributed by atoms with Gasteiger partial charge in [0.1, 0.15) is 12.0 Å². The molecule has 0 saturated carbocycles. The minimum Gasteiger partial charge on any atom is -0.465 e. The van der Waals surface area contributed by atoms with Crippen molar-refractivity contribution in [2.45, 2.75) is 13.8 Å². The quantitative estimate of drug-likeness (QED) is 0.704. The summed E-state index contributed by atoms with van der Waals surface area (Å²) >= 11 is 0. The molecule has 0 aliphatic carbocycles. The SMILES string of the molecule is CCN(CC)c1ncnc(Nc2cc(C(=O)OC)cc(C(=O)OC)c2)c1N. The largest absolute Gasteiger partial charge is 0.465 e. The van der Waals surface area contributed by atoms with Crippen molar-refractivity contribution in [1.82, 2.24) is 9.97 Å². The van der Waals surface area contributed by atoms with Crippen LogP contribution in [0.15, 0.2) is 24.5 Å². The fourth-order valence-corrected chi connectivity index (χ4v) is 2.57. The second-order valence-corrected chi connectivity index (χ2v) is 5.54. The molecule has 2 aromatic rings. The minimum atomic E-state index is -0.580. The Labute approximate surface area is 157 Å². The Kier molecular flexibility index (Phi) is 6.53. The number of ether oxygens (including phenoxy) is 2. The van der Waals surface area contributed by atoms with Gasteiger partial charge in [0, 0.05) is 18.8 Å². The zero-order valence-electron chi connectivity index (χ0n) is 15.8. The van der Waals surface area contributed by atoms with Crippen LogP contribution in [0, 0.1) is 0 Å². The van der Waals surface area contributed by atoms with Gasteiger partial charge in [0.25, 0.3) is 0 Å². The first kappa shape index (κ1) is 20.0. The molecule has 0 radical (unpaired) electrons. The molecule has 0 amide bonds. The highest BCUT2D eigenvalue weighted by atomic mass is 16.5. The van der Waals surface area contributed by atoms with Crippen LogP contribution in [0.3, 0.4) is 0 Å². The number of nitrogen functional groups attached to an aromatic ring is 1. The molecule has 0 aliphatic rings. The number of anilines is 4. The summed E-state index contributed by atoms with van der Waals surface area (Å²) in [4.78, 5) is 34.2. The molecule has 1 heterocycles. The van der Waals surface area contributed by atoms with Crippen molar-refractivity contribution in [2.24, 2.45) is 0 Å². The summed E-state index contributed by atoms with van der Waals surface area (Å²) < 4.78 is 9.47. The number of hydrogen-bond acceptors (Lipinski definition) is 9. The molecule has 0 atom stereocenters. The van der Waals surface area contributed by atoms with Crippen molar-refractivity contribution in [2.75, 3.05) is 43.3 Å². The van der Waals surface area contributed by atoms with Crippen molar-refractivity contribution < 1.29 is 19.1 Å². The lowest BCUT2D eigenvalue weighted by molar-refractivity contribution is 0.0599. The number of rotatable bonds is 7. The number of methoxy groups -OCH3 is 2. The lowest BCUT2D eigenvalue weighted by Gasteiger charge is -2.22. The molecule has 0 fully saturated rings. The third-order valence-electron chi connectivity index (χ3n) is 3.96.